The molecule has 0 spiro atoms. The highest BCUT2D eigenvalue weighted by Crippen LogP contribution is 2.26. The molecule has 0 saturated carbocycles. The van der Waals surface area contributed by atoms with Crippen molar-refractivity contribution in [3.8, 4) is 5.75 Å². The zero-order valence-corrected chi connectivity index (χ0v) is 14.2. The molecule has 0 aliphatic rings. The first-order valence-corrected chi connectivity index (χ1v) is 7.62. The number of hydrogen-bond acceptors (Lipinski definition) is 4. The summed E-state index contributed by atoms with van der Waals surface area (Å²) in [5.41, 5.74) is 2.34. The standard InChI is InChI=1S/C17H15F3N4O2/c1-9-7-13(14-10(2)23-24(3)15(14)21-9)16(25)22-11-5-4-6-12(8-11)26-17(18,19)20/h4-8H,1-3H3,(H,22,25). The number of carbonyl (C=O) groups is 1. The first-order chi connectivity index (χ1) is 12.1. The van der Waals surface area contributed by atoms with Gasteiger partial charge in [-0.15, -0.1) is 13.2 Å². The van der Waals surface area contributed by atoms with Gasteiger partial charge in [-0.2, -0.15) is 5.10 Å². The fourth-order valence-electron chi connectivity index (χ4n) is 2.72. The van der Waals surface area contributed by atoms with E-state index < -0.39 is 18.0 Å². The van der Waals surface area contributed by atoms with Gasteiger partial charge in [0.1, 0.15) is 5.75 Å². The third-order valence-corrected chi connectivity index (χ3v) is 3.67. The van der Waals surface area contributed by atoms with E-state index >= 15 is 0 Å². The lowest BCUT2D eigenvalue weighted by atomic mass is 10.1. The first kappa shape index (κ1) is 17.7. The molecule has 1 amide bonds. The van der Waals surface area contributed by atoms with Crippen LogP contribution in [0.5, 0.6) is 5.75 Å². The molecule has 1 N–H and O–H groups in total. The average molecular weight is 364 g/mol. The Bertz CT molecular complexity index is 996. The highest BCUT2D eigenvalue weighted by molar-refractivity contribution is 6.12. The van der Waals surface area contributed by atoms with Gasteiger partial charge in [0.2, 0.25) is 0 Å². The molecule has 0 atom stereocenters. The number of halogens is 3. The maximum atomic E-state index is 12.7. The van der Waals surface area contributed by atoms with Gasteiger partial charge < -0.3 is 10.1 Å². The van der Waals surface area contributed by atoms with Crippen molar-refractivity contribution >= 4 is 22.6 Å². The van der Waals surface area contributed by atoms with Gasteiger partial charge in [0.15, 0.2) is 5.65 Å². The van der Waals surface area contributed by atoms with Gasteiger partial charge in [0.25, 0.3) is 5.91 Å². The minimum Gasteiger partial charge on any atom is -0.406 e. The Morgan fingerprint density at radius 3 is 2.65 bits per heavy atom. The van der Waals surface area contributed by atoms with Gasteiger partial charge in [-0.3, -0.25) is 9.48 Å². The molecule has 2 aromatic heterocycles. The first-order valence-electron chi connectivity index (χ1n) is 7.62. The zero-order valence-electron chi connectivity index (χ0n) is 14.2. The highest BCUT2D eigenvalue weighted by Gasteiger charge is 2.31. The highest BCUT2D eigenvalue weighted by atomic mass is 19.4. The number of ether oxygens (including phenoxy) is 1. The Morgan fingerprint density at radius 1 is 1.23 bits per heavy atom. The molecule has 0 fully saturated rings. The number of aromatic nitrogens is 3. The number of amides is 1. The van der Waals surface area contributed by atoms with Crippen molar-refractivity contribution in [2.24, 2.45) is 7.05 Å². The molecule has 0 aliphatic carbocycles. The van der Waals surface area contributed by atoms with Crippen molar-refractivity contribution in [2.45, 2.75) is 20.2 Å². The van der Waals surface area contributed by atoms with Gasteiger partial charge in [0.05, 0.1) is 16.6 Å². The molecule has 2 heterocycles. The van der Waals surface area contributed by atoms with E-state index in [1.54, 1.807) is 31.6 Å². The van der Waals surface area contributed by atoms with Crippen LogP contribution in [0.15, 0.2) is 30.3 Å². The van der Waals surface area contributed by atoms with E-state index in [1.807, 2.05) is 0 Å². The van der Waals surface area contributed by atoms with Crippen LogP contribution in [-0.2, 0) is 7.05 Å². The quantitative estimate of drug-likeness (QED) is 0.769. The summed E-state index contributed by atoms with van der Waals surface area (Å²) in [4.78, 5) is 17.1. The van der Waals surface area contributed by atoms with Crippen molar-refractivity contribution in [1.82, 2.24) is 14.8 Å². The lowest BCUT2D eigenvalue weighted by Crippen LogP contribution is -2.17. The van der Waals surface area contributed by atoms with E-state index in [0.717, 1.165) is 12.1 Å². The van der Waals surface area contributed by atoms with E-state index in [-0.39, 0.29) is 5.69 Å². The van der Waals surface area contributed by atoms with E-state index in [2.05, 4.69) is 20.1 Å². The Balaban J connectivity index is 1.94. The minimum atomic E-state index is -4.80. The number of nitrogens with one attached hydrogen (secondary N) is 1. The molecule has 3 rings (SSSR count). The number of anilines is 1. The normalized spacial score (nSPS) is 11.6. The summed E-state index contributed by atoms with van der Waals surface area (Å²) in [5.74, 6) is -0.885. The Labute approximate surface area is 146 Å². The second kappa shape index (κ2) is 6.32. The molecule has 0 radical (unpaired) electrons. The van der Waals surface area contributed by atoms with Crippen molar-refractivity contribution in [2.75, 3.05) is 5.32 Å². The van der Waals surface area contributed by atoms with E-state index in [4.69, 9.17) is 0 Å². The second-order valence-corrected chi connectivity index (χ2v) is 5.75. The number of carbonyl (C=O) groups excluding carboxylic acids is 1. The SMILES string of the molecule is Cc1cc(C(=O)Nc2cccc(OC(F)(F)F)c2)c2c(C)nn(C)c2n1. The predicted molar refractivity (Wildman–Crippen MR) is 89.1 cm³/mol. The van der Waals surface area contributed by atoms with Crippen LogP contribution < -0.4 is 10.1 Å². The van der Waals surface area contributed by atoms with Gasteiger partial charge >= 0.3 is 6.36 Å². The Morgan fingerprint density at radius 2 is 1.96 bits per heavy atom. The van der Waals surface area contributed by atoms with Crippen LogP contribution in [0.25, 0.3) is 11.0 Å². The molecule has 9 heteroatoms. The monoisotopic (exact) mass is 364 g/mol. The van der Waals surface area contributed by atoms with E-state index in [9.17, 15) is 18.0 Å². The molecule has 0 bridgehead atoms. The lowest BCUT2D eigenvalue weighted by Gasteiger charge is -2.11. The van der Waals surface area contributed by atoms with Crippen molar-refractivity contribution in [3.63, 3.8) is 0 Å². The second-order valence-electron chi connectivity index (χ2n) is 5.75. The summed E-state index contributed by atoms with van der Waals surface area (Å²) in [6.45, 7) is 3.50. The third-order valence-electron chi connectivity index (χ3n) is 3.67. The number of fused-ring (bicyclic) bond motifs is 1. The molecular formula is C17H15F3N4O2. The molecule has 6 nitrogen and oxygen atoms in total. The van der Waals surface area contributed by atoms with Crippen molar-refractivity contribution < 1.29 is 22.7 Å². The number of alkyl halides is 3. The largest absolute Gasteiger partial charge is 0.573 e. The summed E-state index contributed by atoms with van der Waals surface area (Å²) >= 11 is 0. The molecule has 1 aromatic carbocycles. The molecule has 0 saturated heterocycles. The van der Waals surface area contributed by atoms with Crippen LogP contribution in [0.3, 0.4) is 0 Å². The maximum absolute atomic E-state index is 12.7. The van der Waals surface area contributed by atoms with Crippen LogP contribution in [0.2, 0.25) is 0 Å². The maximum Gasteiger partial charge on any atom is 0.573 e. The molecule has 3 aromatic rings. The van der Waals surface area contributed by atoms with Gasteiger partial charge in [0, 0.05) is 24.5 Å². The summed E-state index contributed by atoms with van der Waals surface area (Å²) in [6, 6.07) is 6.71. The van der Waals surface area contributed by atoms with Crippen LogP contribution in [0, 0.1) is 13.8 Å². The predicted octanol–water partition coefficient (Wildman–Crippen LogP) is 3.74. The summed E-state index contributed by atoms with van der Waals surface area (Å²) in [6.07, 6.45) is -4.80. The number of rotatable bonds is 3. The fourth-order valence-corrected chi connectivity index (χ4v) is 2.72. The lowest BCUT2D eigenvalue weighted by molar-refractivity contribution is -0.274. The van der Waals surface area contributed by atoms with E-state index in [0.29, 0.717) is 28.0 Å². The number of benzene rings is 1. The van der Waals surface area contributed by atoms with Crippen LogP contribution in [0.4, 0.5) is 18.9 Å². The Hall–Kier alpha value is -3.10. The molecular weight excluding hydrogens is 349 g/mol. The molecule has 0 aliphatic heterocycles. The zero-order chi connectivity index (χ0) is 19.1. The van der Waals surface area contributed by atoms with Crippen LogP contribution in [-0.4, -0.2) is 27.0 Å². The molecule has 26 heavy (non-hydrogen) atoms. The summed E-state index contributed by atoms with van der Waals surface area (Å²) in [7, 11) is 1.72. The summed E-state index contributed by atoms with van der Waals surface area (Å²) in [5, 5.41) is 7.45. The minimum absolute atomic E-state index is 0.181. The summed E-state index contributed by atoms with van der Waals surface area (Å²) < 4.78 is 42.5. The number of pyridine rings is 1. The van der Waals surface area contributed by atoms with Gasteiger partial charge in [-0.25, -0.2) is 4.98 Å². The van der Waals surface area contributed by atoms with Gasteiger partial charge in [-0.05, 0) is 32.0 Å². The molecule has 136 valence electrons. The number of hydrogen-bond donors (Lipinski definition) is 1. The molecule has 0 unspecified atom stereocenters. The van der Waals surface area contributed by atoms with Crippen LogP contribution in [0.1, 0.15) is 21.7 Å². The smallest absolute Gasteiger partial charge is 0.406 e. The number of nitrogens with zero attached hydrogens (tertiary/aromatic N) is 3. The Kier molecular flexibility index (Phi) is 4.31. The van der Waals surface area contributed by atoms with Crippen molar-refractivity contribution in [1.29, 1.82) is 0 Å². The third kappa shape index (κ3) is 3.61. The fraction of sp³-hybridized carbons (Fsp3) is 0.235. The van der Waals surface area contributed by atoms with Crippen molar-refractivity contribution in [3.05, 3.63) is 47.3 Å². The van der Waals surface area contributed by atoms with Crippen LogP contribution >= 0.6 is 0 Å². The number of aryl methyl sites for hydroxylation is 3. The average Bonchev–Trinajstić information content (AvgIpc) is 2.79. The topological polar surface area (TPSA) is 69.0 Å². The van der Waals surface area contributed by atoms with Gasteiger partial charge in [-0.1, -0.05) is 6.07 Å². The van der Waals surface area contributed by atoms with E-state index in [1.165, 1.54) is 12.1 Å².